The zero-order valence-electron chi connectivity index (χ0n) is 10.4. The Morgan fingerprint density at radius 2 is 2.00 bits per heavy atom. The minimum Gasteiger partial charge on any atom is -0.395 e. The third-order valence-electron chi connectivity index (χ3n) is 2.74. The Bertz CT molecular complexity index is 367. The van der Waals surface area contributed by atoms with Crippen LogP contribution in [0.15, 0.2) is 12.1 Å². The van der Waals surface area contributed by atoms with Crippen molar-refractivity contribution in [3.8, 4) is 0 Å². The molecule has 0 aromatic heterocycles. The zero-order chi connectivity index (χ0) is 12.8. The molecule has 1 unspecified atom stereocenters. The molecule has 2 nitrogen and oxygen atoms in total. The van der Waals surface area contributed by atoms with Crippen LogP contribution in [-0.2, 0) is 0 Å². The van der Waals surface area contributed by atoms with Gasteiger partial charge in [-0.15, -0.1) is 0 Å². The predicted octanol–water partition coefficient (Wildman–Crippen LogP) is 3.93. The quantitative estimate of drug-likeness (QED) is 0.586. The number of anilines is 2. The van der Waals surface area contributed by atoms with Crippen LogP contribution in [-0.4, -0.2) is 6.04 Å². The van der Waals surface area contributed by atoms with Gasteiger partial charge in [0.15, 0.2) is 5.82 Å². The van der Waals surface area contributed by atoms with Crippen molar-refractivity contribution in [2.24, 2.45) is 0 Å². The van der Waals surface area contributed by atoms with E-state index in [4.69, 9.17) is 5.73 Å². The summed E-state index contributed by atoms with van der Waals surface area (Å²) in [4.78, 5) is 0. The number of nitrogens with one attached hydrogen (secondary N) is 1. The Labute approximate surface area is 101 Å². The van der Waals surface area contributed by atoms with Crippen LogP contribution in [0, 0.1) is 11.6 Å². The average molecular weight is 242 g/mol. The number of rotatable bonds is 6. The van der Waals surface area contributed by atoms with Crippen LogP contribution < -0.4 is 11.1 Å². The molecular formula is C13H20F2N2. The Kier molecular flexibility index (Phi) is 5.19. The summed E-state index contributed by atoms with van der Waals surface area (Å²) in [5.74, 6) is -1.33. The molecule has 0 radical (unpaired) electrons. The molecule has 1 atom stereocenters. The molecule has 4 heteroatoms. The van der Waals surface area contributed by atoms with E-state index < -0.39 is 11.6 Å². The van der Waals surface area contributed by atoms with E-state index in [1.807, 2.05) is 6.92 Å². The Morgan fingerprint density at radius 1 is 1.29 bits per heavy atom. The van der Waals surface area contributed by atoms with Crippen LogP contribution in [0.4, 0.5) is 20.2 Å². The lowest BCUT2D eigenvalue weighted by atomic mass is 10.1. The number of nitrogens with two attached hydrogens (primary N) is 1. The summed E-state index contributed by atoms with van der Waals surface area (Å²) in [5.41, 5.74) is 5.87. The van der Waals surface area contributed by atoms with Crippen molar-refractivity contribution in [2.75, 3.05) is 11.1 Å². The average Bonchev–Trinajstić information content (AvgIpc) is 2.25. The molecule has 0 spiro atoms. The fraction of sp³-hybridized carbons (Fsp3) is 0.538. The summed E-state index contributed by atoms with van der Waals surface area (Å²) < 4.78 is 26.2. The Balaban J connectivity index is 2.61. The van der Waals surface area contributed by atoms with E-state index in [0.29, 0.717) is 5.69 Å². The van der Waals surface area contributed by atoms with E-state index in [1.54, 1.807) is 0 Å². The largest absolute Gasteiger partial charge is 0.395 e. The van der Waals surface area contributed by atoms with E-state index in [1.165, 1.54) is 12.5 Å². The second-order valence-electron chi connectivity index (χ2n) is 4.39. The van der Waals surface area contributed by atoms with Crippen LogP contribution in [0.2, 0.25) is 0 Å². The number of benzene rings is 1. The van der Waals surface area contributed by atoms with Crippen molar-refractivity contribution < 1.29 is 8.78 Å². The van der Waals surface area contributed by atoms with Crippen molar-refractivity contribution in [2.45, 2.75) is 45.6 Å². The van der Waals surface area contributed by atoms with Crippen LogP contribution >= 0.6 is 0 Å². The molecule has 0 saturated carbocycles. The summed E-state index contributed by atoms with van der Waals surface area (Å²) in [7, 11) is 0. The molecule has 0 bridgehead atoms. The fourth-order valence-electron chi connectivity index (χ4n) is 1.74. The van der Waals surface area contributed by atoms with E-state index >= 15 is 0 Å². The van der Waals surface area contributed by atoms with Crippen molar-refractivity contribution in [1.29, 1.82) is 0 Å². The lowest BCUT2D eigenvalue weighted by Crippen LogP contribution is -2.16. The van der Waals surface area contributed by atoms with Gasteiger partial charge in [-0.1, -0.05) is 26.2 Å². The zero-order valence-corrected chi connectivity index (χ0v) is 10.4. The standard InChI is InChI=1S/C13H20F2N2/c1-3-4-5-6-9(2)17-12-8-10(14)7-11(15)13(12)16/h7-9,17H,3-6,16H2,1-2H3. The number of hydrogen-bond donors (Lipinski definition) is 2. The molecule has 1 aromatic rings. The minimum absolute atomic E-state index is 0.0197. The van der Waals surface area contributed by atoms with Gasteiger partial charge in [-0.25, -0.2) is 8.78 Å². The topological polar surface area (TPSA) is 38.0 Å². The molecule has 0 fully saturated rings. The van der Waals surface area contributed by atoms with Gasteiger partial charge in [0.2, 0.25) is 0 Å². The van der Waals surface area contributed by atoms with E-state index in [-0.39, 0.29) is 11.7 Å². The van der Waals surface area contributed by atoms with Crippen molar-refractivity contribution in [3.63, 3.8) is 0 Å². The van der Waals surface area contributed by atoms with Gasteiger partial charge in [0, 0.05) is 12.1 Å². The normalized spacial score (nSPS) is 12.5. The van der Waals surface area contributed by atoms with Crippen LogP contribution in [0.3, 0.4) is 0 Å². The summed E-state index contributed by atoms with van der Waals surface area (Å²) >= 11 is 0. The molecule has 0 saturated heterocycles. The number of hydrogen-bond acceptors (Lipinski definition) is 2. The molecule has 1 aromatic carbocycles. The van der Waals surface area contributed by atoms with Gasteiger partial charge in [-0.3, -0.25) is 0 Å². The Hall–Kier alpha value is -1.32. The summed E-state index contributed by atoms with van der Waals surface area (Å²) in [6.45, 7) is 4.12. The van der Waals surface area contributed by atoms with Gasteiger partial charge in [0.05, 0.1) is 11.4 Å². The van der Waals surface area contributed by atoms with E-state index in [9.17, 15) is 8.78 Å². The number of halogens is 2. The third-order valence-corrected chi connectivity index (χ3v) is 2.74. The smallest absolute Gasteiger partial charge is 0.151 e. The minimum atomic E-state index is -0.715. The van der Waals surface area contributed by atoms with Gasteiger partial charge in [-0.2, -0.15) is 0 Å². The number of unbranched alkanes of at least 4 members (excludes halogenated alkanes) is 2. The van der Waals surface area contributed by atoms with Gasteiger partial charge >= 0.3 is 0 Å². The molecule has 3 N–H and O–H groups in total. The number of nitrogen functional groups attached to an aromatic ring is 1. The SMILES string of the molecule is CCCCCC(C)Nc1cc(F)cc(F)c1N. The summed E-state index contributed by atoms with van der Waals surface area (Å²) in [6.07, 6.45) is 4.39. The maximum atomic E-state index is 13.2. The molecule has 1 rings (SSSR count). The second-order valence-corrected chi connectivity index (χ2v) is 4.39. The highest BCUT2D eigenvalue weighted by molar-refractivity contribution is 5.67. The van der Waals surface area contributed by atoms with Crippen molar-refractivity contribution >= 4 is 11.4 Å². The first-order valence-corrected chi connectivity index (χ1v) is 6.05. The van der Waals surface area contributed by atoms with Crippen molar-refractivity contribution in [1.82, 2.24) is 0 Å². The van der Waals surface area contributed by atoms with Crippen molar-refractivity contribution in [3.05, 3.63) is 23.8 Å². The van der Waals surface area contributed by atoms with Gasteiger partial charge in [0.25, 0.3) is 0 Å². The van der Waals surface area contributed by atoms with E-state index in [0.717, 1.165) is 25.3 Å². The van der Waals surface area contributed by atoms with Crippen LogP contribution in [0.1, 0.15) is 39.5 Å². The van der Waals surface area contributed by atoms with Gasteiger partial charge < -0.3 is 11.1 Å². The second kappa shape index (κ2) is 6.42. The molecular weight excluding hydrogens is 222 g/mol. The first kappa shape index (κ1) is 13.7. The lowest BCUT2D eigenvalue weighted by Gasteiger charge is -2.17. The van der Waals surface area contributed by atoms with Crippen LogP contribution in [0.25, 0.3) is 0 Å². The predicted molar refractivity (Wildman–Crippen MR) is 68.0 cm³/mol. The fourth-order valence-corrected chi connectivity index (χ4v) is 1.74. The van der Waals surface area contributed by atoms with Gasteiger partial charge in [0.1, 0.15) is 5.82 Å². The molecule has 0 aliphatic rings. The summed E-state index contributed by atoms with van der Waals surface area (Å²) in [5, 5.41) is 3.05. The third kappa shape index (κ3) is 4.21. The van der Waals surface area contributed by atoms with E-state index in [2.05, 4.69) is 12.2 Å². The highest BCUT2D eigenvalue weighted by atomic mass is 19.1. The molecule has 96 valence electrons. The highest BCUT2D eigenvalue weighted by Gasteiger charge is 2.10. The first-order chi connectivity index (χ1) is 8.04. The molecule has 0 heterocycles. The van der Waals surface area contributed by atoms with Gasteiger partial charge in [-0.05, 0) is 19.4 Å². The highest BCUT2D eigenvalue weighted by Crippen LogP contribution is 2.24. The monoisotopic (exact) mass is 242 g/mol. The molecule has 0 amide bonds. The lowest BCUT2D eigenvalue weighted by molar-refractivity contribution is 0.584. The molecule has 0 aliphatic heterocycles. The maximum absolute atomic E-state index is 13.2. The molecule has 17 heavy (non-hydrogen) atoms. The summed E-state index contributed by atoms with van der Waals surface area (Å²) in [6, 6.07) is 2.18. The molecule has 0 aliphatic carbocycles. The maximum Gasteiger partial charge on any atom is 0.151 e. The Morgan fingerprint density at radius 3 is 2.65 bits per heavy atom. The first-order valence-electron chi connectivity index (χ1n) is 6.05. The van der Waals surface area contributed by atoms with Crippen LogP contribution in [0.5, 0.6) is 0 Å².